The first-order valence-electron chi connectivity index (χ1n) is 5.44. The van der Waals surface area contributed by atoms with Crippen molar-refractivity contribution in [3.63, 3.8) is 0 Å². The summed E-state index contributed by atoms with van der Waals surface area (Å²) in [7, 11) is 0. The number of alkyl halides is 3. The second kappa shape index (κ2) is 5.82. The smallest absolute Gasteiger partial charge is 0.339 e. The minimum absolute atomic E-state index is 0.0195. The Morgan fingerprint density at radius 1 is 1.14 bits per heavy atom. The lowest BCUT2D eigenvalue weighted by Gasteiger charge is -2.12. The number of nitrogens with two attached hydrogens (primary N) is 1. The van der Waals surface area contributed by atoms with E-state index in [0.717, 1.165) is 18.5 Å². The van der Waals surface area contributed by atoms with Gasteiger partial charge in [-0.2, -0.15) is 13.2 Å². The van der Waals surface area contributed by atoms with E-state index in [0.29, 0.717) is 10.5 Å². The van der Waals surface area contributed by atoms with Crippen molar-refractivity contribution in [3.05, 3.63) is 40.4 Å². The predicted molar refractivity (Wildman–Crippen MR) is 72.2 cm³/mol. The molecule has 0 aliphatic carbocycles. The van der Waals surface area contributed by atoms with E-state index in [1.54, 1.807) is 0 Å². The van der Waals surface area contributed by atoms with Gasteiger partial charge in [-0.3, -0.25) is 0 Å². The summed E-state index contributed by atoms with van der Waals surface area (Å²) in [5.41, 5.74) is 0.942. The number of nitrogens with zero attached hydrogens (tertiary/aromatic N) is 2. The highest BCUT2D eigenvalue weighted by Crippen LogP contribution is 2.34. The zero-order valence-electron chi connectivity index (χ0n) is 10.2. The summed E-state index contributed by atoms with van der Waals surface area (Å²) >= 11 is 3.15. The molecule has 1 aromatic carbocycles. The van der Waals surface area contributed by atoms with Gasteiger partial charge in [0.1, 0.15) is 22.4 Å². The van der Waals surface area contributed by atoms with Crippen molar-refractivity contribution < 1.29 is 17.6 Å². The number of anilines is 3. The van der Waals surface area contributed by atoms with Gasteiger partial charge in [0.25, 0.3) is 0 Å². The van der Waals surface area contributed by atoms with Crippen LogP contribution in [-0.4, -0.2) is 9.97 Å². The normalized spacial score (nSPS) is 11.3. The third kappa shape index (κ3) is 3.39. The Morgan fingerprint density at radius 3 is 2.43 bits per heavy atom. The summed E-state index contributed by atoms with van der Waals surface area (Å²) in [6.07, 6.45) is -3.62. The summed E-state index contributed by atoms with van der Waals surface area (Å²) in [5.74, 6) is 4.29. The largest absolute Gasteiger partial charge is 0.419 e. The molecule has 1 heterocycles. The molecule has 2 aromatic rings. The van der Waals surface area contributed by atoms with Crippen LogP contribution in [0.15, 0.2) is 29.0 Å². The first kappa shape index (κ1) is 15.4. The summed E-state index contributed by atoms with van der Waals surface area (Å²) in [6.45, 7) is 0. The van der Waals surface area contributed by atoms with Crippen molar-refractivity contribution in [2.75, 3.05) is 10.7 Å². The zero-order valence-corrected chi connectivity index (χ0v) is 11.8. The number of halogens is 5. The molecule has 0 aliphatic rings. The molecule has 112 valence electrons. The molecule has 0 amide bonds. The molecule has 4 N–H and O–H groups in total. The Morgan fingerprint density at radius 2 is 1.81 bits per heavy atom. The minimum atomic E-state index is -4.78. The molecule has 21 heavy (non-hydrogen) atoms. The number of hydrogen-bond donors (Lipinski definition) is 3. The molecule has 0 saturated carbocycles. The van der Waals surface area contributed by atoms with Crippen molar-refractivity contribution in [2.24, 2.45) is 5.84 Å². The molecule has 0 radical (unpaired) electrons. The molecule has 10 heteroatoms. The van der Waals surface area contributed by atoms with Gasteiger partial charge in [0, 0.05) is 5.69 Å². The maximum atomic E-state index is 13.2. The van der Waals surface area contributed by atoms with Gasteiger partial charge in [0.05, 0.1) is 5.56 Å². The van der Waals surface area contributed by atoms with Gasteiger partial charge in [-0.25, -0.2) is 20.2 Å². The molecule has 2 rings (SSSR count). The number of nitrogens with one attached hydrogen (secondary N) is 2. The predicted octanol–water partition coefficient (Wildman–Crippen LogP) is 3.43. The Balaban J connectivity index is 2.37. The van der Waals surface area contributed by atoms with Gasteiger partial charge >= 0.3 is 6.18 Å². The molecule has 0 aliphatic heterocycles. The molecule has 0 saturated heterocycles. The number of aromatic nitrogens is 2. The average Bonchev–Trinajstić information content (AvgIpc) is 2.42. The quantitative estimate of drug-likeness (QED) is 0.441. The van der Waals surface area contributed by atoms with E-state index in [2.05, 4.69) is 36.6 Å². The van der Waals surface area contributed by atoms with E-state index in [4.69, 9.17) is 5.84 Å². The highest BCUT2D eigenvalue weighted by molar-refractivity contribution is 9.10. The summed E-state index contributed by atoms with van der Waals surface area (Å²) in [4.78, 5) is 7.65. The molecule has 0 bridgehead atoms. The topological polar surface area (TPSA) is 75.9 Å². The van der Waals surface area contributed by atoms with Crippen LogP contribution in [-0.2, 0) is 6.18 Å². The molecular formula is C11H8BrF4N5. The monoisotopic (exact) mass is 365 g/mol. The average molecular weight is 366 g/mol. The van der Waals surface area contributed by atoms with Crippen LogP contribution in [0.3, 0.4) is 0 Å². The first-order valence-corrected chi connectivity index (χ1v) is 6.23. The van der Waals surface area contributed by atoms with Crippen molar-refractivity contribution in [1.29, 1.82) is 0 Å². The van der Waals surface area contributed by atoms with Crippen LogP contribution in [0.2, 0.25) is 0 Å². The standard InChI is InChI=1S/C11H8BrF4N5/c12-8-9(18-4-19-10(8)21-17)20-5-1-2-7(13)6(3-5)11(14,15)16/h1-4H,17H2,(H2,18,19,20,21). The fourth-order valence-electron chi connectivity index (χ4n) is 1.51. The van der Waals surface area contributed by atoms with Crippen molar-refractivity contribution >= 4 is 33.3 Å². The van der Waals surface area contributed by atoms with Crippen LogP contribution in [0.4, 0.5) is 34.9 Å². The van der Waals surface area contributed by atoms with Gasteiger partial charge in [0.15, 0.2) is 5.82 Å². The SMILES string of the molecule is NNc1ncnc(Nc2ccc(F)c(C(F)(F)F)c2)c1Br. The third-order valence-electron chi connectivity index (χ3n) is 2.46. The number of rotatable bonds is 3. The molecule has 1 aromatic heterocycles. The van der Waals surface area contributed by atoms with E-state index in [9.17, 15) is 17.6 Å². The molecule has 0 fully saturated rings. The highest BCUT2D eigenvalue weighted by Gasteiger charge is 2.34. The number of hydrazine groups is 1. The summed E-state index contributed by atoms with van der Waals surface area (Å²) in [5, 5.41) is 2.63. The van der Waals surface area contributed by atoms with E-state index >= 15 is 0 Å². The van der Waals surface area contributed by atoms with Crippen LogP contribution in [0.25, 0.3) is 0 Å². The van der Waals surface area contributed by atoms with Gasteiger partial charge in [0.2, 0.25) is 0 Å². The van der Waals surface area contributed by atoms with Gasteiger partial charge in [-0.15, -0.1) is 0 Å². The molecule has 0 unspecified atom stereocenters. The summed E-state index contributed by atoms with van der Waals surface area (Å²) < 4.78 is 51.4. The van der Waals surface area contributed by atoms with E-state index in [1.807, 2.05) is 0 Å². The van der Waals surface area contributed by atoms with Crippen molar-refractivity contribution in [3.8, 4) is 0 Å². The Labute approximate surface area is 124 Å². The van der Waals surface area contributed by atoms with Gasteiger partial charge < -0.3 is 10.7 Å². The molecule has 0 spiro atoms. The number of hydrogen-bond acceptors (Lipinski definition) is 5. The van der Waals surface area contributed by atoms with Crippen LogP contribution in [0, 0.1) is 5.82 Å². The molecule has 5 nitrogen and oxygen atoms in total. The Bertz CT molecular complexity index is 662. The van der Waals surface area contributed by atoms with Crippen molar-refractivity contribution in [2.45, 2.75) is 6.18 Å². The lowest BCUT2D eigenvalue weighted by atomic mass is 10.2. The number of nitrogen functional groups attached to an aromatic ring is 1. The van der Waals surface area contributed by atoms with Gasteiger partial charge in [-0.1, -0.05) is 0 Å². The molecule has 0 atom stereocenters. The van der Waals surface area contributed by atoms with E-state index < -0.39 is 17.6 Å². The Hall–Kier alpha value is -1.94. The Kier molecular flexibility index (Phi) is 4.28. The first-order chi connectivity index (χ1) is 9.82. The van der Waals surface area contributed by atoms with Crippen LogP contribution in [0.1, 0.15) is 5.56 Å². The van der Waals surface area contributed by atoms with Crippen LogP contribution >= 0.6 is 15.9 Å². The second-order valence-electron chi connectivity index (χ2n) is 3.85. The third-order valence-corrected chi connectivity index (χ3v) is 3.21. The van der Waals surface area contributed by atoms with E-state index in [1.165, 1.54) is 0 Å². The van der Waals surface area contributed by atoms with E-state index in [-0.39, 0.29) is 17.3 Å². The maximum Gasteiger partial charge on any atom is 0.419 e. The minimum Gasteiger partial charge on any atom is -0.339 e. The summed E-state index contributed by atoms with van der Waals surface area (Å²) in [6, 6.07) is 2.54. The second-order valence-corrected chi connectivity index (χ2v) is 4.64. The highest BCUT2D eigenvalue weighted by atomic mass is 79.9. The fraction of sp³-hybridized carbons (Fsp3) is 0.0909. The van der Waals surface area contributed by atoms with Crippen LogP contribution in [0.5, 0.6) is 0 Å². The van der Waals surface area contributed by atoms with Crippen molar-refractivity contribution in [1.82, 2.24) is 9.97 Å². The number of benzene rings is 1. The van der Waals surface area contributed by atoms with Gasteiger partial charge in [-0.05, 0) is 34.1 Å². The zero-order chi connectivity index (χ0) is 15.6. The maximum absolute atomic E-state index is 13.2. The fourth-order valence-corrected chi connectivity index (χ4v) is 1.93. The lowest BCUT2D eigenvalue weighted by molar-refractivity contribution is -0.139. The lowest BCUT2D eigenvalue weighted by Crippen LogP contribution is -2.11. The van der Waals surface area contributed by atoms with Crippen LogP contribution < -0.4 is 16.6 Å². The molecular weight excluding hydrogens is 358 g/mol.